The van der Waals surface area contributed by atoms with Crippen molar-refractivity contribution in [3.05, 3.63) is 0 Å². The molecule has 5 heteroatoms. The summed E-state index contributed by atoms with van der Waals surface area (Å²) in [7, 11) is 1.40. The molecule has 4 atom stereocenters. The van der Waals surface area contributed by atoms with Gasteiger partial charge in [-0.05, 0) is 0 Å². The van der Waals surface area contributed by atoms with Gasteiger partial charge in [-0.15, -0.1) is 0 Å². The third kappa shape index (κ3) is 1.64. The lowest BCUT2D eigenvalue weighted by Gasteiger charge is -2.19. The van der Waals surface area contributed by atoms with Crippen LogP contribution >= 0.6 is 0 Å². The van der Waals surface area contributed by atoms with Crippen molar-refractivity contribution in [3.8, 4) is 0 Å². The van der Waals surface area contributed by atoms with Crippen molar-refractivity contribution in [3.63, 3.8) is 0 Å². The minimum Gasteiger partial charge on any atom is -0.388 e. The van der Waals surface area contributed by atoms with Crippen molar-refractivity contribution < 1.29 is 24.5 Å². The number of carbonyl (C=O) groups excluding carboxylic acids is 1. The summed E-state index contributed by atoms with van der Waals surface area (Å²) in [5.74, 6) is 0. The molecule has 0 aromatic carbocycles. The third-order valence-corrected chi connectivity index (χ3v) is 1.91. The maximum absolute atomic E-state index is 10.2. The van der Waals surface area contributed by atoms with Crippen LogP contribution in [0.3, 0.4) is 0 Å². The Hall–Kier alpha value is -0.490. The van der Waals surface area contributed by atoms with E-state index in [0.717, 1.165) is 0 Å². The van der Waals surface area contributed by atoms with Crippen LogP contribution in [0.4, 0.5) is 0 Å². The van der Waals surface area contributed by atoms with Gasteiger partial charge in [0.15, 0.2) is 6.29 Å². The van der Waals surface area contributed by atoms with Crippen molar-refractivity contribution >= 4 is 6.29 Å². The monoisotopic (exact) mass is 176 g/mol. The summed E-state index contributed by atoms with van der Waals surface area (Å²) < 4.78 is 9.83. The first-order valence-corrected chi connectivity index (χ1v) is 3.66. The van der Waals surface area contributed by atoms with Crippen molar-refractivity contribution in [1.82, 2.24) is 0 Å². The minimum absolute atomic E-state index is 0.0913. The first-order valence-electron chi connectivity index (χ1n) is 3.66. The van der Waals surface area contributed by atoms with Crippen LogP contribution in [0, 0.1) is 0 Å². The molecule has 2 N–H and O–H groups in total. The Kier molecular flexibility index (Phi) is 3.16. The van der Waals surface area contributed by atoms with E-state index >= 15 is 0 Å². The Morgan fingerprint density at radius 2 is 2.42 bits per heavy atom. The van der Waals surface area contributed by atoms with Gasteiger partial charge in [-0.1, -0.05) is 0 Å². The molecule has 0 aromatic rings. The maximum Gasteiger partial charge on any atom is 0.151 e. The Labute approximate surface area is 69.9 Å². The quantitative estimate of drug-likeness (QED) is 0.502. The Bertz CT molecular complexity index is 160. The summed E-state index contributed by atoms with van der Waals surface area (Å²) in [6, 6.07) is 0. The Morgan fingerprint density at radius 3 is 2.92 bits per heavy atom. The van der Waals surface area contributed by atoms with Crippen LogP contribution in [0.1, 0.15) is 0 Å². The zero-order chi connectivity index (χ0) is 9.14. The highest BCUT2D eigenvalue weighted by Gasteiger charge is 2.40. The number of hydrogen-bond acceptors (Lipinski definition) is 5. The molecule has 12 heavy (non-hydrogen) atoms. The van der Waals surface area contributed by atoms with E-state index in [1.807, 2.05) is 0 Å². The molecule has 0 saturated carbocycles. The summed E-state index contributed by atoms with van der Waals surface area (Å²) in [5, 5.41) is 18.3. The van der Waals surface area contributed by atoms with Crippen LogP contribution in [-0.4, -0.2) is 54.6 Å². The van der Waals surface area contributed by atoms with Gasteiger partial charge in [-0.3, -0.25) is 0 Å². The van der Waals surface area contributed by atoms with E-state index in [4.69, 9.17) is 14.6 Å². The first-order chi connectivity index (χ1) is 5.70. The lowest BCUT2D eigenvalue weighted by Crippen LogP contribution is -2.40. The minimum atomic E-state index is -1.23. The van der Waals surface area contributed by atoms with Crippen LogP contribution in [0.25, 0.3) is 0 Å². The van der Waals surface area contributed by atoms with Gasteiger partial charge in [-0.25, -0.2) is 0 Å². The van der Waals surface area contributed by atoms with Gasteiger partial charge in [0.1, 0.15) is 24.4 Å². The molecule has 1 fully saturated rings. The highest BCUT2D eigenvalue weighted by molar-refractivity contribution is 5.57. The topological polar surface area (TPSA) is 76.0 Å². The normalized spacial score (nSPS) is 38.1. The van der Waals surface area contributed by atoms with E-state index in [1.54, 1.807) is 0 Å². The SMILES string of the molecule is CO[C@H]1[C@H]([C@H](O)C=O)OC[C@@H]1O. The van der Waals surface area contributed by atoms with Gasteiger partial charge < -0.3 is 24.5 Å². The largest absolute Gasteiger partial charge is 0.388 e. The molecule has 1 aliphatic heterocycles. The maximum atomic E-state index is 10.2. The summed E-state index contributed by atoms with van der Waals surface area (Å²) >= 11 is 0. The molecule has 1 heterocycles. The van der Waals surface area contributed by atoms with E-state index in [2.05, 4.69) is 0 Å². The summed E-state index contributed by atoms with van der Waals surface area (Å²) in [5.41, 5.74) is 0. The summed E-state index contributed by atoms with van der Waals surface area (Å²) in [4.78, 5) is 10.2. The van der Waals surface area contributed by atoms with E-state index in [0.29, 0.717) is 6.29 Å². The molecule has 1 rings (SSSR count). The molecule has 0 unspecified atom stereocenters. The number of methoxy groups -OCH3 is 1. The van der Waals surface area contributed by atoms with Crippen molar-refractivity contribution in [2.24, 2.45) is 0 Å². The van der Waals surface area contributed by atoms with E-state index in [9.17, 15) is 9.90 Å². The zero-order valence-corrected chi connectivity index (χ0v) is 6.71. The highest BCUT2D eigenvalue weighted by Crippen LogP contribution is 2.19. The van der Waals surface area contributed by atoms with E-state index in [-0.39, 0.29) is 6.61 Å². The molecule has 70 valence electrons. The zero-order valence-electron chi connectivity index (χ0n) is 6.71. The molecular weight excluding hydrogens is 164 g/mol. The molecular formula is C7H12O5. The van der Waals surface area contributed by atoms with Gasteiger partial charge in [0.25, 0.3) is 0 Å². The van der Waals surface area contributed by atoms with Crippen molar-refractivity contribution in [2.45, 2.75) is 24.4 Å². The molecule has 0 radical (unpaired) electrons. The third-order valence-electron chi connectivity index (χ3n) is 1.91. The van der Waals surface area contributed by atoms with Gasteiger partial charge in [0.2, 0.25) is 0 Å². The summed E-state index contributed by atoms with van der Waals surface area (Å²) in [6.45, 7) is 0.0913. The lowest BCUT2D eigenvalue weighted by atomic mass is 10.1. The lowest BCUT2D eigenvalue weighted by molar-refractivity contribution is -0.126. The second kappa shape index (κ2) is 3.95. The Balaban J connectivity index is 2.59. The van der Waals surface area contributed by atoms with Crippen LogP contribution in [0.5, 0.6) is 0 Å². The number of rotatable bonds is 3. The van der Waals surface area contributed by atoms with Crippen LogP contribution < -0.4 is 0 Å². The van der Waals surface area contributed by atoms with Crippen LogP contribution in [0.2, 0.25) is 0 Å². The van der Waals surface area contributed by atoms with Crippen molar-refractivity contribution in [1.29, 1.82) is 0 Å². The average molecular weight is 176 g/mol. The fraction of sp³-hybridized carbons (Fsp3) is 0.857. The van der Waals surface area contributed by atoms with E-state index in [1.165, 1.54) is 7.11 Å². The van der Waals surface area contributed by atoms with Gasteiger partial charge in [0.05, 0.1) is 6.61 Å². The number of carbonyl (C=O) groups is 1. The van der Waals surface area contributed by atoms with Crippen LogP contribution in [0.15, 0.2) is 0 Å². The van der Waals surface area contributed by atoms with Crippen molar-refractivity contribution in [2.75, 3.05) is 13.7 Å². The number of ether oxygens (including phenoxy) is 2. The predicted octanol–water partition coefficient (Wildman–Crippen LogP) is -1.68. The Morgan fingerprint density at radius 1 is 1.75 bits per heavy atom. The second-order valence-corrected chi connectivity index (χ2v) is 2.69. The predicted molar refractivity (Wildman–Crippen MR) is 38.6 cm³/mol. The molecule has 5 nitrogen and oxygen atoms in total. The average Bonchev–Trinajstić information content (AvgIpc) is 2.45. The smallest absolute Gasteiger partial charge is 0.151 e. The first kappa shape index (κ1) is 9.60. The molecule has 0 spiro atoms. The van der Waals surface area contributed by atoms with Gasteiger partial charge in [-0.2, -0.15) is 0 Å². The molecule has 1 saturated heterocycles. The standard InChI is InChI=1S/C7H12O5/c1-11-6-5(10)3-12-7(6)4(9)2-8/h2,4-7,9-10H,3H2,1H3/t4-,5+,6-,7+/m1/s1. The molecule has 1 aliphatic rings. The molecule has 0 amide bonds. The highest BCUT2D eigenvalue weighted by atomic mass is 16.6. The number of hydrogen-bond donors (Lipinski definition) is 2. The second-order valence-electron chi connectivity index (χ2n) is 2.69. The van der Waals surface area contributed by atoms with Gasteiger partial charge in [0, 0.05) is 7.11 Å². The number of aldehydes is 1. The summed E-state index contributed by atoms with van der Waals surface area (Å²) in [6.07, 6.45) is -3.00. The molecule has 0 aliphatic carbocycles. The fourth-order valence-electron chi connectivity index (χ4n) is 1.28. The fourth-order valence-corrected chi connectivity index (χ4v) is 1.28. The number of aliphatic hydroxyl groups is 2. The van der Waals surface area contributed by atoms with Gasteiger partial charge >= 0.3 is 0 Å². The van der Waals surface area contributed by atoms with E-state index < -0.39 is 24.4 Å². The van der Waals surface area contributed by atoms with Crippen LogP contribution in [-0.2, 0) is 14.3 Å². The molecule has 0 aromatic heterocycles. The molecule has 0 bridgehead atoms. The number of aliphatic hydroxyl groups excluding tert-OH is 2.